The van der Waals surface area contributed by atoms with Gasteiger partial charge in [-0.3, -0.25) is 9.78 Å². The van der Waals surface area contributed by atoms with Gasteiger partial charge in [-0.05, 0) is 52.1 Å². The fraction of sp³-hybridized carbons (Fsp3) is 0.190. The van der Waals surface area contributed by atoms with Crippen LogP contribution in [-0.4, -0.2) is 36.6 Å². The van der Waals surface area contributed by atoms with E-state index in [1.165, 1.54) is 6.20 Å². The average molecular weight is 676 g/mol. The molecule has 0 bridgehead atoms. The Kier molecular flexibility index (Phi) is 9.07. The van der Waals surface area contributed by atoms with Gasteiger partial charge >= 0.3 is 0 Å². The van der Waals surface area contributed by atoms with Crippen LogP contribution in [0.3, 0.4) is 0 Å². The number of nitrogens with zero attached hydrogens (tertiary/aromatic N) is 4. The van der Waals surface area contributed by atoms with Gasteiger partial charge in [0.15, 0.2) is 6.29 Å². The normalized spacial score (nSPS) is 18.9. The van der Waals surface area contributed by atoms with Gasteiger partial charge in [-0.25, -0.2) is 9.97 Å². The zero-order valence-corrected chi connectivity index (χ0v) is 28.1. The van der Waals surface area contributed by atoms with Gasteiger partial charge in [0.2, 0.25) is 0 Å². The minimum atomic E-state index is -0.602. The summed E-state index contributed by atoms with van der Waals surface area (Å²) >= 11 is 0. The van der Waals surface area contributed by atoms with Crippen LogP contribution in [0.2, 0.25) is 0 Å². The van der Waals surface area contributed by atoms with Gasteiger partial charge in [-0.15, -0.1) is 0 Å². The van der Waals surface area contributed by atoms with E-state index in [9.17, 15) is 9.90 Å². The van der Waals surface area contributed by atoms with Crippen molar-refractivity contribution in [2.45, 2.75) is 45.1 Å². The summed E-state index contributed by atoms with van der Waals surface area (Å²) in [5, 5.41) is 12.6. The SMILES string of the molecule is CC1C(Cn2cnc3ccccc32)OC(c2ccc(-c3ccccc3CNC(=O)c3cnc4ccccc4n3)cc2)OC1c1ccc(CO)cc1. The maximum absolute atomic E-state index is 13.0. The number of nitrogens with one attached hydrogen (secondary N) is 1. The molecule has 0 aliphatic carbocycles. The van der Waals surface area contributed by atoms with Crippen molar-refractivity contribution in [2.24, 2.45) is 5.92 Å². The molecule has 5 aromatic carbocycles. The summed E-state index contributed by atoms with van der Waals surface area (Å²) in [6.45, 7) is 3.11. The highest BCUT2D eigenvalue weighted by atomic mass is 16.7. The highest BCUT2D eigenvalue weighted by molar-refractivity contribution is 5.93. The standard InChI is InChI=1S/C42H37N5O4/c1-27-39(24-47-26-45-36-12-6-7-13-38(36)47)50-42(51-40(27)30-16-14-28(25-48)15-17-30)31-20-18-29(19-21-31)33-9-3-2-8-32(33)22-44-41(49)37-23-43-34-10-4-5-11-35(34)46-37/h2-21,23,26-27,39-40,42,48H,22,24-25H2,1H3,(H,44,49). The predicted octanol–water partition coefficient (Wildman–Crippen LogP) is 7.56. The summed E-state index contributed by atoms with van der Waals surface area (Å²) in [4.78, 5) is 26.5. The quantitative estimate of drug-likeness (QED) is 0.162. The van der Waals surface area contributed by atoms with Gasteiger partial charge in [0.05, 0.1) is 60.0 Å². The smallest absolute Gasteiger partial charge is 0.271 e. The Labute approximate surface area is 295 Å². The number of hydrogen-bond donors (Lipinski definition) is 2. The summed E-state index contributed by atoms with van der Waals surface area (Å²) < 4.78 is 15.6. The van der Waals surface area contributed by atoms with Crippen molar-refractivity contribution in [3.63, 3.8) is 0 Å². The molecule has 7 aromatic rings. The molecule has 1 amide bonds. The van der Waals surface area contributed by atoms with Crippen LogP contribution < -0.4 is 5.32 Å². The third kappa shape index (κ3) is 6.74. The van der Waals surface area contributed by atoms with E-state index >= 15 is 0 Å². The minimum Gasteiger partial charge on any atom is -0.392 e. The van der Waals surface area contributed by atoms with Crippen LogP contribution in [0.1, 0.15) is 52.1 Å². The van der Waals surface area contributed by atoms with Crippen molar-refractivity contribution in [3.05, 3.63) is 162 Å². The van der Waals surface area contributed by atoms with Crippen LogP contribution in [0, 0.1) is 5.92 Å². The summed E-state index contributed by atoms with van der Waals surface area (Å²) in [5.41, 5.74) is 9.51. The highest BCUT2D eigenvalue weighted by Crippen LogP contribution is 2.42. The lowest BCUT2D eigenvalue weighted by Gasteiger charge is -2.41. The second kappa shape index (κ2) is 14.2. The largest absolute Gasteiger partial charge is 0.392 e. The number of rotatable bonds is 9. The van der Waals surface area contributed by atoms with Crippen molar-refractivity contribution in [1.29, 1.82) is 0 Å². The van der Waals surface area contributed by atoms with Crippen molar-refractivity contribution in [3.8, 4) is 11.1 Å². The molecular weight excluding hydrogens is 638 g/mol. The van der Waals surface area contributed by atoms with Crippen LogP contribution in [0.15, 0.2) is 134 Å². The van der Waals surface area contributed by atoms with Crippen molar-refractivity contribution < 1.29 is 19.4 Å². The summed E-state index contributed by atoms with van der Waals surface area (Å²) in [6.07, 6.45) is 2.39. The third-order valence-electron chi connectivity index (χ3n) is 9.66. The molecule has 8 rings (SSSR count). The Bertz CT molecular complexity index is 2300. The fourth-order valence-corrected chi connectivity index (χ4v) is 6.79. The maximum Gasteiger partial charge on any atom is 0.271 e. The lowest BCUT2D eigenvalue weighted by atomic mass is 9.90. The Morgan fingerprint density at radius 3 is 2.29 bits per heavy atom. The molecule has 2 N–H and O–H groups in total. The average Bonchev–Trinajstić information content (AvgIpc) is 3.60. The number of amides is 1. The molecule has 9 nitrogen and oxygen atoms in total. The van der Waals surface area contributed by atoms with E-state index in [4.69, 9.17) is 9.47 Å². The molecule has 254 valence electrons. The Morgan fingerprint density at radius 1 is 0.784 bits per heavy atom. The Morgan fingerprint density at radius 2 is 1.49 bits per heavy atom. The first-order valence-corrected chi connectivity index (χ1v) is 17.1. The number of para-hydroxylation sites is 4. The minimum absolute atomic E-state index is 0.00952. The molecule has 1 saturated heterocycles. The second-order valence-electron chi connectivity index (χ2n) is 12.9. The number of carbonyl (C=O) groups excluding carboxylic acids is 1. The molecule has 4 atom stereocenters. The summed E-state index contributed by atoms with van der Waals surface area (Å²) in [5.74, 6) is -0.248. The number of carbonyl (C=O) groups is 1. The van der Waals surface area contributed by atoms with Crippen LogP contribution >= 0.6 is 0 Å². The number of aliphatic hydroxyl groups is 1. The summed E-state index contributed by atoms with van der Waals surface area (Å²) in [6, 6.07) is 39.8. The van der Waals surface area contributed by atoms with Crippen molar-refractivity contribution in [1.82, 2.24) is 24.8 Å². The number of imidazole rings is 1. The van der Waals surface area contributed by atoms with Crippen molar-refractivity contribution in [2.75, 3.05) is 0 Å². The molecular formula is C42H37N5O4. The number of fused-ring (bicyclic) bond motifs is 2. The molecule has 2 aromatic heterocycles. The molecule has 0 radical (unpaired) electrons. The number of aliphatic hydroxyl groups excluding tert-OH is 1. The Balaban J connectivity index is 1.03. The van der Waals surface area contributed by atoms with E-state index in [1.54, 1.807) is 0 Å². The molecule has 1 aliphatic heterocycles. The molecule has 3 heterocycles. The summed E-state index contributed by atoms with van der Waals surface area (Å²) in [7, 11) is 0. The van der Waals surface area contributed by atoms with E-state index in [0.29, 0.717) is 18.6 Å². The predicted molar refractivity (Wildman–Crippen MR) is 195 cm³/mol. The molecule has 0 saturated carbocycles. The molecule has 51 heavy (non-hydrogen) atoms. The zero-order valence-electron chi connectivity index (χ0n) is 28.1. The molecule has 1 fully saturated rings. The number of benzene rings is 5. The zero-order chi connectivity index (χ0) is 34.7. The van der Waals surface area contributed by atoms with Gasteiger partial charge in [-0.1, -0.05) is 104 Å². The third-order valence-corrected chi connectivity index (χ3v) is 9.66. The number of aromatic nitrogens is 4. The maximum atomic E-state index is 13.0. The molecule has 4 unspecified atom stereocenters. The first-order valence-electron chi connectivity index (χ1n) is 17.1. The van der Waals surface area contributed by atoms with Crippen LogP contribution in [-0.2, 0) is 29.2 Å². The van der Waals surface area contributed by atoms with Crippen LogP contribution in [0.5, 0.6) is 0 Å². The molecule has 0 spiro atoms. The van der Waals surface area contributed by atoms with E-state index in [-0.39, 0.29) is 36.3 Å². The number of hydrogen-bond acceptors (Lipinski definition) is 7. The molecule has 9 heteroatoms. The first kappa shape index (κ1) is 32.5. The van der Waals surface area contributed by atoms with Gasteiger partial charge in [0.1, 0.15) is 5.69 Å². The van der Waals surface area contributed by atoms with Crippen LogP contribution in [0.4, 0.5) is 0 Å². The number of ether oxygens (including phenoxy) is 2. The monoisotopic (exact) mass is 675 g/mol. The highest BCUT2D eigenvalue weighted by Gasteiger charge is 2.38. The Hall–Kier alpha value is -5.74. The van der Waals surface area contributed by atoms with Gasteiger partial charge in [0.25, 0.3) is 5.91 Å². The lowest BCUT2D eigenvalue weighted by Crippen LogP contribution is -2.39. The van der Waals surface area contributed by atoms with Gasteiger partial charge < -0.3 is 24.5 Å². The first-order chi connectivity index (χ1) is 25.0. The van der Waals surface area contributed by atoms with E-state index in [2.05, 4.69) is 56.0 Å². The van der Waals surface area contributed by atoms with Gasteiger partial charge in [-0.2, -0.15) is 0 Å². The second-order valence-corrected chi connectivity index (χ2v) is 12.9. The van der Waals surface area contributed by atoms with Gasteiger partial charge in [0, 0.05) is 18.0 Å². The fourth-order valence-electron chi connectivity index (χ4n) is 6.79. The lowest BCUT2D eigenvalue weighted by molar-refractivity contribution is -0.276. The van der Waals surface area contributed by atoms with E-state index < -0.39 is 6.29 Å². The topological polar surface area (TPSA) is 111 Å². The van der Waals surface area contributed by atoms with Crippen molar-refractivity contribution >= 4 is 28.0 Å². The van der Waals surface area contributed by atoms with E-state index in [1.807, 2.05) is 103 Å². The van der Waals surface area contributed by atoms with E-state index in [0.717, 1.165) is 49.9 Å². The van der Waals surface area contributed by atoms with Crippen LogP contribution in [0.25, 0.3) is 33.2 Å². The molecule has 1 aliphatic rings.